The standard InChI is InChI=1S/C24H27N3O/c1-24(2,3)20-11-9-19(10-12-20)23(28)27-21-13-14-22(26-17-21)25-16-15-18-7-5-4-6-8-18/h4-14,17H,15-16H2,1-3H3,(H,25,26)(H,27,28). The van der Waals surface area contributed by atoms with Gasteiger partial charge in [-0.05, 0) is 47.2 Å². The number of hydrogen-bond acceptors (Lipinski definition) is 3. The molecule has 0 aliphatic heterocycles. The van der Waals surface area contributed by atoms with Crippen LogP contribution in [-0.4, -0.2) is 17.4 Å². The molecular weight excluding hydrogens is 346 g/mol. The zero-order valence-electron chi connectivity index (χ0n) is 16.7. The third-order valence-corrected chi connectivity index (χ3v) is 4.60. The van der Waals surface area contributed by atoms with Crippen LogP contribution in [0.2, 0.25) is 0 Å². The number of carbonyl (C=O) groups excluding carboxylic acids is 1. The Kier molecular flexibility index (Phi) is 6.09. The molecule has 0 bridgehead atoms. The highest BCUT2D eigenvalue weighted by Crippen LogP contribution is 2.22. The van der Waals surface area contributed by atoms with E-state index in [4.69, 9.17) is 0 Å². The highest BCUT2D eigenvalue weighted by Gasteiger charge is 2.14. The summed E-state index contributed by atoms with van der Waals surface area (Å²) >= 11 is 0. The first-order valence-corrected chi connectivity index (χ1v) is 9.57. The average molecular weight is 374 g/mol. The molecule has 144 valence electrons. The highest BCUT2D eigenvalue weighted by molar-refractivity contribution is 6.04. The van der Waals surface area contributed by atoms with Crippen LogP contribution in [0.5, 0.6) is 0 Å². The molecule has 0 fully saturated rings. The molecule has 1 amide bonds. The zero-order valence-corrected chi connectivity index (χ0v) is 16.7. The lowest BCUT2D eigenvalue weighted by Crippen LogP contribution is -2.14. The van der Waals surface area contributed by atoms with Crippen molar-refractivity contribution in [3.63, 3.8) is 0 Å². The minimum absolute atomic E-state index is 0.0717. The van der Waals surface area contributed by atoms with Crippen molar-refractivity contribution >= 4 is 17.4 Å². The van der Waals surface area contributed by atoms with Gasteiger partial charge in [-0.1, -0.05) is 63.2 Å². The fraction of sp³-hybridized carbons (Fsp3) is 0.250. The van der Waals surface area contributed by atoms with E-state index in [1.54, 1.807) is 6.20 Å². The second-order valence-corrected chi connectivity index (χ2v) is 7.88. The maximum atomic E-state index is 12.4. The van der Waals surface area contributed by atoms with Gasteiger partial charge in [0.05, 0.1) is 11.9 Å². The molecule has 0 radical (unpaired) electrons. The molecule has 3 rings (SSSR count). The van der Waals surface area contributed by atoms with E-state index in [9.17, 15) is 4.79 Å². The van der Waals surface area contributed by atoms with Crippen LogP contribution in [0, 0.1) is 0 Å². The van der Waals surface area contributed by atoms with E-state index >= 15 is 0 Å². The Balaban J connectivity index is 1.52. The van der Waals surface area contributed by atoms with E-state index in [0.29, 0.717) is 11.3 Å². The number of nitrogens with zero attached hydrogens (tertiary/aromatic N) is 1. The maximum Gasteiger partial charge on any atom is 0.255 e. The van der Waals surface area contributed by atoms with Crippen LogP contribution in [0.1, 0.15) is 42.3 Å². The molecule has 2 N–H and O–H groups in total. The molecule has 4 nitrogen and oxygen atoms in total. The molecule has 0 unspecified atom stereocenters. The number of carbonyl (C=O) groups is 1. The van der Waals surface area contributed by atoms with Gasteiger partial charge in [0, 0.05) is 12.1 Å². The largest absolute Gasteiger partial charge is 0.370 e. The predicted octanol–water partition coefficient (Wildman–Crippen LogP) is 5.29. The third-order valence-electron chi connectivity index (χ3n) is 4.60. The quantitative estimate of drug-likeness (QED) is 0.617. The molecule has 0 saturated carbocycles. The van der Waals surface area contributed by atoms with Gasteiger partial charge in [0.25, 0.3) is 5.91 Å². The summed E-state index contributed by atoms with van der Waals surface area (Å²) in [6, 6.07) is 21.8. The van der Waals surface area contributed by atoms with Crippen molar-refractivity contribution in [3.8, 4) is 0 Å². The van der Waals surface area contributed by atoms with Crippen LogP contribution in [0.4, 0.5) is 11.5 Å². The van der Waals surface area contributed by atoms with Crippen molar-refractivity contribution in [2.24, 2.45) is 0 Å². The fourth-order valence-electron chi connectivity index (χ4n) is 2.88. The summed E-state index contributed by atoms with van der Waals surface area (Å²) in [7, 11) is 0. The van der Waals surface area contributed by atoms with Crippen LogP contribution in [0.25, 0.3) is 0 Å². The molecule has 0 spiro atoms. The minimum Gasteiger partial charge on any atom is -0.370 e. The van der Waals surface area contributed by atoms with Gasteiger partial charge in [0.2, 0.25) is 0 Å². The lowest BCUT2D eigenvalue weighted by molar-refractivity contribution is 0.102. The number of rotatable bonds is 6. The summed E-state index contributed by atoms with van der Waals surface area (Å²) in [6.07, 6.45) is 2.61. The summed E-state index contributed by atoms with van der Waals surface area (Å²) < 4.78 is 0. The second-order valence-electron chi connectivity index (χ2n) is 7.88. The van der Waals surface area contributed by atoms with E-state index in [1.807, 2.05) is 54.6 Å². The lowest BCUT2D eigenvalue weighted by Gasteiger charge is -2.19. The second kappa shape index (κ2) is 8.70. The number of nitrogens with one attached hydrogen (secondary N) is 2. The van der Waals surface area contributed by atoms with Gasteiger partial charge >= 0.3 is 0 Å². The Morgan fingerprint density at radius 1 is 0.929 bits per heavy atom. The van der Waals surface area contributed by atoms with Crippen LogP contribution in [0.3, 0.4) is 0 Å². The number of anilines is 2. The van der Waals surface area contributed by atoms with E-state index in [0.717, 1.165) is 18.8 Å². The number of pyridine rings is 1. The molecule has 0 atom stereocenters. The van der Waals surface area contributed by atoms with E-state index in [1.165, 1.54) is 11.1 Å². The monoisotopic (exact) mass is 373 g/mol. The molecule has 2 aromatic carbocycles. The van der Waals surface area contributed by atoms with E-state index in [-0.39, 0.29) is 11.3 Å². The average Bonchev–Trinajstić information content (AvgIpc) is 2.69. The summed E-state index contributed by atoms with van der Waals surface area (Å²) in [5.74, 6) is 0.663. The van der Waals surface area contributed by atoms with Gasteiger partial charge in [-0.15, -0.1) is 0 Å². The molecular formula is C24H27N3O. The first-order chi connectivity index (χ1) is 13.4. The van der Waals surface area contributed by atoms with Crippen molar-refractivity contribution in [3.05, 3.63) is 89.6 Å². The van der Waals surface area contributed by atoms with Gasteiger partial charge < -0.3 is 10.6 Å². The van der Waals surface area contributed by atoms with Gasteiger partial charge in [0.15, 0.2) is 0 Å². The Labute approximate surface area is 167 Å². The van der Waals surface area contributed by atoms with E-state index < -0.39 is 0 Å². The molecule has 3 aromatic rings. The van der Waals surface area contributed by atoms with Gasteiger partial charge in [-0.25, -0.2) is 4.98 Å². The summed E-state index contributed by atoms with van der Waals surface area (Å²) in [5, 5.41) is 6.20. The van der Waals surface area contributed by atoms with Crippen LogP contribution < -0.4 is 10.6 Å². The number of amides is 1. The molecule has 1 aromatic heterocycles. The molecule has 4 heteroatoms. The summed E-state index contributed by atoms with van der Waals surface area (Å²) in [4.78, 5) is 16.8. The highest BCUT2D eigenvalue weighted by atomic mass is 16.1. The topological polar surface area (TPSA) is 54.0 Å². The van der Waals surface area contributed by atoms with Crippen molar-refractivity contribution in [1.29, 1.82) is 0 Å². The van der Waals surface area contributed by atoms with Gasteiger partial charge in [0.1, 0.15) is 5.82 Å². The number of benzene rings is 2. The van der Waals surface area contributed by atoms with Crippen LogP contribution in [-0.2, 0) is 11.8 Å². The maximum absolute atomic E-state index is 12.4. The number of hydrogen-bond donors (Lipinski definition) is 2. The predicted molar refractivity (Wildman–Crippen MR) is 116 cm³/mol. The van der Waals surface area contributed by atoms with Crippen LogP contribution in [0.15, 0.2) is 72.9 Å². The summed E-state index contributed by atoms with van der Waals surface area (Å²) in [6.45, 7) is 7.28. The fourth-order valence-corrected chi connectivity index (χ4v) is 2.88. The van der Waals surface area contributed by atoms with Crippen molar-refractivity contribution < 1.29 is 4.79 Å². The Hall–Kier alpha value is -3.14. The normalized spacial score (nSPS) is 11.1. The summed E-state index contributed by atoms with van der Waals surface area (Å²) in [5.41, 5.74) is 3.88. The smallest absolute Gasteiger partial charge is 0.255 e. The molecule has 1 heterocycles. The first kappa shape index (κ1) is 19.6. The van der Waals surface area contributed by atoms with Crippen molar-refractivity contribution in [2.45, 2.75) is 32.6 Å². The number of aromatic nitrogens is 1. The van der Waals surface area contributed by atoms with Crippen LogP contribution >= 0.6 is 0 Å². The molecule has 0 saturated heterocycles. The zero-order chi connectivity index (χ0) is 20.0. The van der Waals surface area contributed by atoms with Crippen molar-refractivity contribution in [1.82, 2.24) is 4.98 Å². The van der Waals surface area contributed by atoms with Crippen molar-refractivity contribution in [2.75, 3.05) is 17.2 Å². The molecule has 28 heavy (non-hydrogen) atoms. The minimum atomic E-state index is -0.132. The first-order valence-electron chi connectivity index (χ1n) is 9.57. The molecule has 0 aliphatic carbocycles. The molecule has 0 aliphatic rings. The lowest BCUT2D eigenvalue weighted by atomic mass is 9.87. The third kappa shape index (κ3) is 5.43. The van der Waals surface area contributed by atoms with Gasteiger partial charge in [-0.3, -0.25) is 4.79 Å². The van der Waals surface area contributed by atoms with Gasteiger partial charge in [-0.2, -0.15) is 0 Å². The Morgan fingerprint density at radius 3 is 2.25 bits per heavy atom. The Bertz CT molecular complexity index is 895. The van der Waals surface area contributed by atoms with E-state index in [2.05, 4.69) is 48.5 Å². The Morgan fingerprint density at radius 2 is 1.64 bits per heavy atom. The SMILES string of the molecule is CC(C)(C)c1ccc(C(=O)Nc2ccc(NCCc3ccccc3)nc2)cc1.